The largest absolute Gasteiger partial charge is 0.269 e. The minimum absolute atomic E-state index is 0.0172. The van der Waals surface area contributed by atoms with Crippen molar-refractivity contribution in [1.82, 2.24) is 0 Å². The number of aryl methyl sites for hydroxylation is 1. The van der Waals surface area contributed by atoms with Crippen LogP contribution in [0.5, 0.6) is 0 Å². The van der Waals surface area contributed by atoms with E-state index < -0.39 is 19.2 Å². The lowest BCUT2D eigenvalue weighted by molar-refractivity contribution is -0.384. The fourth-order valence-electron chi connectivity index (χ4n) is 2.06. The molecule has 1 aliphatic carbocycles. The zero-order chi connectivity index (χ0) is 12.6. The van der Waals surface area contributed by atoms with Gasteiger partial charge in [-0.15, -0.1) is 0 Å². The summed E-state index contributed by atoms with van der Waals surface area (Å²) < 4.78 is 22.5. The zero-order valence-corrected chi connectivity index (χ0v) is 10.4. The maximum absolute atomic E-state index is 11.2. The van der Waals surface area contributed by atoms with Crippen LogP contribution in [0.1, 0.15) is 17.5 Å². The predicted molar refractivity (Wildman–Crippen MR) is 63.7 cm³/mol. The van der Waals surface area contributed by atoms with Gasteiger partial charge >= 0.3 is 0 Å². The number of nitro benzene ring substituents is 1. The first kappa shape index (κ1) is 12.3. The molecule has 0 spiro atoms. The van der Waals surface area contributed by atoms with E-state index in [0.29, 0.717) is 18.4 Å². The quantitative estimate of drug-likeness (QED) is 0.470. The molecule has 0 radical (unpaired) electrons. The summed E-state index contributed by atoms with van der Waals surface area (Å²) in [6.45, 7) is 0. The number of nitro groups is 1. The molecule has 0 saturated heterocycles. The van der Waals surface area contributed by atoms with E-state index in [-0.39, 0.29) is 12.1 Å². The van der Waals surface area contributed by atoms with Crippen LogP contribution in [0.2, 0.25) is 0 Å². The molecule has 17 heavy (non-hydrogen) atoms. The Kier molecular flexibility index (Phi) is 3.09. The van der Waals surface area contributed by atoms with E-state index >= 15 is 0 Å². The maximum atomic E-state index is 11.2. The van der Waals surface area contributed by atoms with Crippen molar-refractivity contribution in [1.29, 1.82) is 0 Å². The molecule has 0 amide bonds. The molecule has 1 atom stereocenters. The highest BCUT2D eigenvalue weighted by molar-refractivity contribution is 8.14. The molecule has 1 aromatic rings. The summed E-state index contributed by atoms with van der Waals surface area (Å²) in [5.41, 5.74) is 1.66. The van der Waals surface area contributed by atoms with E-state index in [1.165, 1.54) is 12.1 Å². The molecule has 0 bridgehead atoms. The number of hydrogen-bond acceptors (Lipinski definition) is 4. The fraction of sp³-hybridized carbons (Fsp3) is 0.400. The third kappa shape index (κ3) is 2.58. The molecular weight excluding hydrogens is 266 g/mol. The van der Waals surface area contributed by atoms with Gasteiger partial charge in [0.25, 0.3) is 5.69 Å². The van der Waals surface area contributed by atoms with Gasteiger partial charge in [-0.2, -0.15) is 0 Å². The van der Waals surface area contributed by atoms with E-state index in [4.69, 9.17) is 10.7 Å². The van der Waals surface area contributed by atoms with Crippen LogP contribution in [-0.2, 0) is 21.9 Å². The molecule has 0 aromatic heterocycles. The standard InChI is InChI=1S/C10H10ClNO4S/c11-17(15,16)10-4-2-7-1-3-9(12(13)14)5-8(7)6-10/h1,3,5,10H,2,4,6H2/t10-/m1/s1. The Hall–Kier alpha value is -1.14. The van der Waals surface area contributed by atoms with E-state index in [1.807, 2.05) is 0 Å². The van der Waals surface area contributed by atoms with Crippen molar-refractivity contribution in [2.24, 2.45) is 0 Å². The Morgan fingerprint density at radius 3 is 2.65 bits per heavy atom. The Morgan fingerprint density at radius 2 is 2.06 bits per heavy atom. The highest BCUT2D eigenvalue weighted by Gasteiger charge is 2.29. The van der Waals surface area contributed by atoms with Crippen LogP contribution in [0.25, 0.3) is 0 Å². The lowest BCUT2D eigenvalue weighted by atomic mass is 9.91. The molecule has 0 aliphatic heterocycles. The number of hydrogen-bond donors (Lipinski definition) is 0. The summed E-state index contributed by atoms with van der Waals surface area (Å²) in [5, 5.41) is 9.99. The highest BCUT2D eigenvalue weighted by atomic mass is 35.7. The van der Waals surface area contributed by atoms with Crippen molar-refractivity contribution in [2.75, 3.05) is 0 Å². The van der Waals surface area contributed by atoms with Gasteiger partial charge in [-0.05, 0) is 30.4 Å². The number of fused-ring (bicyclic) bond motifs is 1. The van der Waals surface area contributed by atoms with Gasteiger partial charge in [0.2, 0.25) is 9.05 Å². The summed E-state index contributed by atoms with van der Waals surface area (Å²) in [5.74, 6) is 0. The Balaban J connectivity index is 2.36. The third-order valence-corrected chi connectivity index (χ3v) is 4.94. The normalized spacial score (nSPS) is 19.7. The minimum Gasteiger partial charge on any atom is -0.258 e. The Bertz CT molecular complexity index is 570. The van der Waals surface area contributed by atoms with E-state index in [1.54, 1.807) is 6.07 Å². The first-order valence-electron chi connectivity index (χ1n) is 5.07. The monoisotopic (exact) mass is 275 g/mol. The van der Waals surface area contributed by atoms with Gasteiger partial charge < -0.3 is 0 Å². The number of nitrogens with zero attached hydrogens (tertiary/aromatic N) is 1. The molecule has 0 fully saturated rings. The van der Waals surface area contributed by atoms with Crippen molar-refractivity contribution in [2.45, 2.75) is 24.5 Å². The molecule has 5 nitrogen and oxygen atoms in total. The molecule has 7 heteroatoms. The number of rotatable bonds is 2. The van der Waals surface area contributed by atoms with Gasteiger partial charge in [0.15, 0.2) is 0 Å². The maximum Gasteiger partial charge on any atom is 0.269 e. The van der Waals surface area contributed by atoms with Crippen molar-refractivity contribution >= 4 is 25.4 Å². The minimum atomic E-state index is -3.60. The van der Waals surface area contributed by atoms with Crippen LogP contribution < -0.4 is 0 Å². The third-order valence-electron chi connectivity index (χ3n) is 2.98. The van der Waals surface area contributed by atoms with E-state index in [2.05, 4.69) is 0 Å². The lowest BCUT2D eigenvalue weighted by Gasteiger charge is -2.21. The lowest BCUT2D eigenvalue weighted by Crippen LogP contribution is -2.25. The summed E-state index contributed by atoms with van der Waals surface area (Å²) in [4.78, 5) is 10.1. The molecule has 1 aromatic carbocycles. The van der Waals surface area contributed by atoms with Gasteiger partial charge in [0.1, 0.15) is 0 Å². The van der Waals surface area contributed by atoms with E-state index in [9.17, 15) is 18.5 Å². The van der Waals surface area contributed by atoms with Gasteiger partial charge in [-0.3, -0.25) is 10.1 Å². The van der Waals surface area contributed by atoms with Crippen LogP contribution in [-0.4, -0.2) is 18.6 Å². The average molecular weight is 276 g/mol. The number of benzene rings is 1. The van der Waals surface area contributed by atoms with Crippen LogP contribution in [0, 0.1) is 10.1 Å². The van der Waals surface area contributed by atoms with Gasteiger partial charge in [0, 0.05) is 22.8 Å². The second-order valence-electron chi connectivity index (χ2n) is 4.05. The van der Waals surface area contributed by atoms with Gasteiger partial charge in [0.05, 0.1) is 10.2 Å². The molecule has 0 N–H and O–H groups in total. The molecule has 92 valence electrons. The molecule has 0 unspecified atom stereocenters. The second-order valence-corrected chi connectivity index (χ2v) is 6.96. The first-order chi connectivity index (χ1) is 7.88. The molecule has 2 rings (SSSR count). The summed E-state index contributed by atoms with van der Waals surface area (Å²) in [6.07, 6.45) is 1.31. The summed E-state index contributed by atoms with van der Waals surface area (Å²) in [6, 6.07) is 4.56. The fourth-order valence-corrected chi connectivity index (χ4v) is 3.30. The summed E-state index contributed by atoms with van der Waals surface area (Å²) in [7, 11) is 1.72. The highest BCUT2D eigenvalue weighted by Crippen LogP contribution is 2.29. The first-order valence-corrected chi connectivity index (χ1v) is 7.45. The number of non-ortho nitro benzene ring substituents is 1. The second kappa shape index (κ2) is 4.27. The van der Waals surface area contributed by atoms with Crippen LogP contribution in [0.4, 0.5) is 5.69 Å². The van der Waals surface area contributed by atoms with Gasteiger partial charge in [-0.1, -0.05) is 6.07 Å². The van der Waals surface area contributed by atoms with E-state index in [0.717, 1.165) is 5.56 Å². The van der Waals surface area contributed by atoms with Crippen LogP contribution >= 0.6 is 10.7 Å². The zero-order valence-electron chi connectivity index (χ0n) is 8.80. The Labute approximate surface area is 103 Å². The molecular formula is C10H10ClNO4S. The van der Waals surface area contributed by atoms with Crippen LogP contribution in [0.15, 0.2) is 18.2 Å². The summed E-state index contributed by atoms with van der Waals surface area (Å²) >= 11 is 0. The van der Waals surface area contributed by atoms with Crippen molar-refractivity contribution < 1.29 is 13.3 Å². The van der Waals surface area contributed by atoms with Crippen molar-refractivity contribution in [3.63, 3.8) is 0 Å². The topological polar surface area (TPSA) is 77.3 Å². The van der Waals surface area contributed by atoms with Gasteiger partial charge in [-0.25, -0.2) is 8.42 Å². The SMILES string of the molecule is O=[N+]([O-])c1ccc2c(c1)C[C@H](S(=O)(=O)Cl)CC2. The number of halogens is 1. The smallest absolute Gasteiger partial charge is 0.258 e. The predicted octanol–water partition coefficient (Wildman–Crippen LogP) is 2.02. The van der Waals surface area contributed by atoms with Crippen molar-refractivity contribution in [3.8, 4) is 0 Å². The Morgan fingerprint density at radius 1 is 1.35 bits per heavy atom. The van der Waals surface area contributed by atoms with Crippen molar-refractivity contribution in [3.05, 3.63) is 39.4 Å². The van der Waals surface area contributed by atoms with Crippen LogP contribution in [0.3, 0.4) is 0 Å². The molecule has 1 aliphatic rings. The molecule has 0 saturated carbocycles. The molecule has 0 heterocycles. The average Bonchev–Trinajstić information content (AvgIpc) is 2.26.